The average Bonchev–Trinajstić information content (AvgIpc) is 3.14. The van der Waals surface area contributed by atoms with Crippen LogP contribution in [0, 0.1) is 5.92 Å². The molecule has 1 aromatic heterocycles. The van der Waals surface area contributed by atoms with E-state index in [4.69, 9.17) is 9.47 Å². The SMILES string of the molecule is Cn1c(=O)n(C2CCC(=O)NC2=O)c2ccc(CN3CCC(CCO[C@H]4C[C@H](N(C)C(=O)OC(C)(C)C)C4)CC3)cc21. The zero-order valence-corrected chi connectivity index (χ0v) is 25.6. The van der Waals surface area contributed by atoms with Crippen LogP contribution in [0.25, 0.3) is 11.0 Å². The minimum atomic E-state index is -0.669. The van der Waals surface area contributed by atoms with Gasteiger partial charge in [0.2, 0.25) is 11.8 Å². The molecule has 230 valence electrons. The van der Waals surface area contributed by atoms with Crippen LogP contribution in [-0.4, -0.2) is 81.3 Å². The highest BCUT2D eigenvalue weighted by Gasteiger charge is 2.37. The third kappa shape index (κ3) is 6.72. The Hall–Kier alpha value is -3.18. The zero-order chi connectivity index (χ0) is 30.2. The number of carbonyl (C=O) groups is 3. The summed E-state index contributed by atoms with van der Waals surface area (Å²) in [6.45, 7) is 9.25. The van der Waals surface area contributed by atoms with Crippen LogP contribution in [0.15, 0.2) is 23.0 Å². The second kappa shape index (κ2) is 12.2. The van der Waals surface area contributed by atoms with Gasteiger partial charge in [0, 0.05) is 39.7 Å². The van der Waals surface area contributed by atoms with Gasteiger partial charge in [-0.25, -0.2) is 9.59 Å². The number of imidazole rings is 1. The fraction of sp³-hybridized carbons (Fsp3) is 0.677. The summed E-state index contributed by atoms with van der Waals surface area (Å²) in [5.74, 6) is -0.0620. The maximum Gasteiger partial charge on any atom is 0.410 e. The highest BCUT2D eigenvalue weighted by molar-refractivity contribution is 6.00. The average molecular weight is 584 g/mol. The maximum atomic E-state index is 13.0. The number of nitrogens with one attached hydrogen (secondary N) is 1. The van der Waals surface area contributed by atoms with Gasteiger partial charge in [-0.05, 0) is 96.0 Å². The van der Waals surface area contributed by atoms with Crippen molar-refractivity contribution in [1.82, 2.24) is 24.3 Å². The first kappa shape index (κ1) is 30.3. The largest absolute Gasteiger partial charge is 0.444 e. The second-order valence-corrected chi connectivity index (χ2v) is 13.2. The van der Waals surface area contributed by atoms with Crippen molar-refractivity contribution in [1.29, 1.82) is 0 Å². The number of amides is 3. The van der Waals surface area contributed by atoms with Crippen LogP contribution in [0.5, 0.6) is 0 Å². The van der Waals surface area contributed by atoms with E-state index in [1.54, 1.807) is 23.6 Å². The molecule has 5 rings (SSSR count). The van der Waals surface area contributed by atoms with Gasteiger partial charge in [0.25, 0.3) is 0 Å². The molecule has 42 heavy (non-hydrogen) atoms. The van der Waals surface area contributed by atoms with Gasteiger partial charge in [0.15, 0.2) is 0 Å². The molecular formula is C31H45N5O6. The summed E-state index contributed by atoms with van der Waals surface area (Å²) in [5, 5.41) is 2.36. The van der Waals surface area contributed by atoms with E-state index in [1.807, 2.05) is 39.0 Å². The Kier molecular flexibility index (Phi) is 8.80. The molecule has 2 aliphatic heterocycles. The fourth-order valence-electron chi connectivity index (χ4n) is 6.30. The van der Waals surface area contributed by atoms with Gasteiger partial charge in [-0.2, -0.15) is 0 Å². The van der Waals surface area contributed by atoms with Gasteiger partial charge >= 0.3 is 11.8 Å². The number of hydrogen-bond donors (Lipinski definition) is 1. The smallest absolute Gasteiger partial charge is 0.410 e. The Morgan fingerprint density at radius 3 is 2.45 bits per heavy atom. The number of ether oxygens (including phenoxy) is 2. The van der Waals surface area contributed by atoms with E-state index in [9.17, 15) is 19.2 Å². The van der Waals surface area contributed by atoms with Crippen LogP contribution in [0.3, 0.4) is 0 Å². The molecule has 3 heterocycles. The number of piperidine rings is 2. The van der Waals surface area contributed by atoms with Crippen LogP contribution in [0.2, 0.25) is 0 Å². The first-order valence-electron chi connectivity index (χ1n) is 15.2. The maximum absolute atomic E-state index is 13.0. The number of hydrogen-bond acceptors (Lipinski definition) is 7. The van der Waals surface area contributed by atoms with Crippen LogP contribution in [-0.2, 0) is 32.7 Å². The number of imide groups is 1. The van der Waals surface area contributed by atoms with Gasteiger partial charge in [-0.15, -0.1) is 0 Å². The Bertz CT molecular complexity index is 1380. The van der Waals surface area contributed by atoms with Gasteiger partial charge in [-0.1, -0.05) is 6.07 Å². The Labute approximate surface area is 247 Å². The van der Waals surface area contributed by atoms with Crippen molar-refractivity contribution in [3.8, 4) is 0 Å². The van der Waals surface area contributed by atoms with Crippen LogP contribution in [0.4, 0.5) is 4.79 Å². The summed E-state index contributed by atoms with van der Waals surface area (Å²) in [4.78, 5) is 53.5. The van der Waals surface area contributed by atoms with Gasteiger partial charge < -0.3 is 14.4 Å². The number of likely N-dealkylation sites (tertiary alicyclic amines) is 1. The molecular weight excluding hydrogens is 538 g/mol. The Balaban J connectivity index is 1.06. The van der Waals surface area contributed by atoms with Gasteiger partial charge in [0.05, 0.1) is 17.1 Å². The lowest BCUT2D eigenvalue weighted by Crippen LogP contribution is -2.50. The lowest BCUT2D eigenvalue weighted by Gasteiger charge is -2.41. The van der Waals surface area contributed by atoms with E-state index in [0.717, 1.165) is 69.4 Å². The molecule has 1 atom stereocenters. The minimum Gasteiger partial charge on any atom is -0.444 e. The van der Waals surface area contributed by atoms with Crippen molar-refractivity contribution in [2.75, 3.05) is 26.7 Å². The van der Waals surface area contributed by atoms with E-state index in [1.165, 1.54) is 4.57 Å². The molecule has 3 fully saturated rings. The van der Waals surface area contributed by atoms with Crippen molar-refractivity contribution >= 4 is 28.9 Å². The number of rotatable bonds is 8. The zero-order valence-electron chi connectivity index (χ0n) is 25.6. The van der Waals surface area contributed by atoms with E-state index in [-0.39, 0.29) is 36.3 Å². The number of nitrogens with zero attached hydrogens (tertiary/aromatic N) is 4. The molecule has 11 heteroatoms. The molecule has 1 aliphatic carbocycles. The first-order chi connectivity index (χ1) is 19.9. The van der Waals surface area contributed by atoms with Crippen molar-refractivity contribution in [2.24, 2.45) is 13.0 Å². The van der Waals surface area contributed by atoms with Crippen molar-refractivity contribution in [2.45, 2.75) is 96.1 Å². The molecule has 11 nitrogen and oxygen atoms in total. The molecule has 1 N–H and O–H groups in total. The summed E-state index contributed by atoms with van der Waals surface area (Å²) in [5.41, 5.74) is 1.92. The van der Waals surface area contributed by atoms with Gasteiger partial charge in [-0.3, -0.25) is 28.9 Å². The number of carbonyl (C=O) groups excluding carboxylic acids is 3. The van der Waals surface area contributed by atoms with Crippen LogP contribution < -0.4 is 11.0 Å². The van der Waals surface area contributed by atoms with E-state index in [0.29, 0.717) is 17.9 Å². The Morgan fingerprint density at radius 1 is 1.07 bits per heavy atom. The summed E-state index contributed by atoms with van der Waals surface area (Å²) < 4.78 is 14.7. The monoisotopic (exact) mass is 583 g/mol. The predicted octanol–water partition coefficient (Wildman–Crippen LogP) is 3.33. The highest BCUT2D eigenvalue weighted by atomic mass is 16.6. The molecule has 1 unspecified atom stereocenters. The molecule has 1 aromatic carbocycles. The van der Waals surface area contributed by atoms with Gasteiger partial charge in [0.1, 0.15) is 11.6 Å². The van der Waals surface area contributed by atoms with E-state index >= 15 is 0 Å². The topological polar surface area (TPSA) is 115 Å². The first-order valence-corrected chi connectivity index (χ1v) is 15.2. The number of aromatic nitrogens is 2. The summed E-state index contributed by atoms with van der Waals surface area (Å²) in [6.07, 6.45) is 5.55. The Morgan fingerprint density at radius 2 is 1.79 bits per heavy atom. The van der Waals surface area contributed by atoms with E-state index in [2.05, 4.69) is 10.2 Å². The normalized spacial score (nSPS) is 24.0. The van der Waals surface area contributed by atoms with E-state index < -0.39 is 17.6 Å². The molecule has 0 spiro atoms. The predicted molar refractivity (Wildman–Crippen MR) is 158 cm³/mol. The third-order valence-electron chi connectivity index (χ3n) is 8.97. The quantitative estimate of drug-likeness (QED) is 0.474. The molecule has 0 radical (unpaired) electrons. The number of fused-ring (bicyclic) bond motifs is 1. The second-order valence-electron chi connectivity index (χ2n) is 13.2. The minimum absolute atomic E-state index is 0.186. The standard InChI is InChI=1S/C31H45N5O6/c1-31(2,3)42-30(40)33(4)22-17-23(18-22)41-15-12-20-10-13-35(14-11-20)19-21-6-7-24-26(16-21)34(5)29(39)36(24)25-8-9-27(37)32-28(25)38/h6-7,16,20,22-23,25H,8-15,17-19H2,1-5H3,(H,32,37,38)/t22-,23-,25?. The summed E-state index contributed by atoms with van der Waals surface area (Å²) >= 11 is 0. The molecule has 2 saturated heterocycles. The summed E-state index contributed by atoms with van der Waals surface area (Å²) in [7, 11) is 3.53. The van der Waals surface area contributed by atoms with Crippen molar-refractivity contribution < 1.29 is 23.9 Å². The fourth-order valence-corrected chi connectivity index (χ4v) is 6.30. The lowest BCUT2D eigenvalue weighted by atomic mass is 9.88. The van der Waals surface area contributed by atoms with Crippen molar-refractivity contribution in [3.05, 3.63) is 34.2 Å². The molecule has 2 aromatic rings. The highest BCUT2D eigenvalue weighted by Crippen LogP contribution is 2.30. The third-order valence-corrected chi connectivity index (χ3v) is 8.97. The molecule has 0 bridgehead atoms. The lowest BCUT2D eigenvalue weighted by molar-refractivity contribution is -0.135. The van der Waals surface area contributed by atoms with Crippen molar-refractivity contribution in [3.63, 3.8) is 0 Å². The molecule has 3 aliphatic rings. The summed E-state index contributed by atoms with van der Waals surface area (Å²) in [6, 6.07) is 5.53. The molecule has 1 saturated carbocycles. The van der Waals surface area contributed by atoms with Crippen LogP contribution in [0.1, 0.15) is 77.3 Å². The number of aryl methyl sites for hydroxylation is 1. The number of benzene rings is 1. The molecule has 3 amide bonds. The van der Waals surface area contributed by atoms with Crippen LogP contribution >= 0.6 is 0 Å².